The first-order valence-corrected chi connectivity index (χ1v) is 10.8. The fraction of sp³-hybridized carbons (Fsp3) is 0.0952. The zero-order valence-electron chi connectivity index (χ0n) is 16.6. The number of aryl methyl sites for hydroxylation is 1. The molecule has 32 heavy (non-hydrogen) atoms. The van der Waals surface area contributed by atoms with Crippen LogP contribution in [0.25, 0.3) is 28.1 Å². The number of primary sulfonamides is 1. The van der Waals surface area contributed by atoms with E-state index in [2.05, 4.69) is 15.1 Å². The third-order valence-corrected chi connectivity index (χ3v) is 5.75. The van der Waals surface area contributed by atoms with E-state index in [0.29, 0.717) is 11.1 Å². The van der Waals surface area contributed by atoms with E-state index in [1.807, 2.05) is 6.07 Å². The van der Waals surface area contributed by atoms with Crippen molar-refractivity contribution in [1.29, 1.82) is 0 Å². The summed E-state index contributed by atoms with van der Waals surface area (Å²) in [6.45, 7) is 1.77. The number of halogens is 3. The van der Waals surface area contributed by atoms with Gasteiger partial charge in [-0.2, -0.15) is 18.3 Å². The molecule has 0 fully saturated rings. The second-order valence-corrected chi connectivity index (χ2v) is 8.58. The monoisotopic (exact) mass is 459 g/mol. The molecule has 4 aromatic rings. The van der Waals surface area contributed by atoms with Crippen LogP contribution in [0, 0.1) is 6.92 Å². The van der Waals surface area contributed by atoms with Crippen molar-refractivity contribution in [2.24, 2.45) is 5.14 Å². The van der Waals surface area contributed by atoms with Gasteiger partial charge in [0.2, 0.25) is 10.0 Å². The van der Waals surface area contributed by atoms with Gasteiger partial charge in [0.15, 0.2) is 5.69 Å². The first-order chi connectivity index (χ1) is 15.0. The highest BCUT2D eigenvalue weighted by molar-refractivity contribution is 7.89. The van der Waals surface area contributed by atoms with E-state index < -0.39 is 21.9 Å². The molecule has 0 saturated heterocycles. The largest absolute Gasteiger partial charge is 0.435 e. The minimum atomic E-state index is -4.67. The molecular formula is C21H16F3N5O2S. The van der Waals surface area contributed by atoms with E-state index in [9.17, 15) is 21.6 Å². The molecule has 2 N–H and O–H groups in total. The molecule has 0 bridgehead atoms. The molecule has 2 aromatic heterocycles. The van der Waals surface area contributed by atoms with Crippen LogP contribution in [0.15, 0.2) is 72.1 Å². The number of sulfonamides is 1. The predicted molar refractivity (Wildman–Crippen MR) is 111 cm³/mol. The fourth-order valence-corrected chi connectivity index (χ4v) is 3.73. The Morgan fingerprint density at radius 2 is 1.59 bits per heavy atom. The van der Waals surface area contributed by atoms with Gasteiger partial charge in [0.05, 0.1) is 16.3 Å². The number of rotatable bonds is 4. The normalized spacial score (nSPS) is 12.2. The third-order valence-electron chi connectivity index (χ3n) is 4.82. The minimum absolute atomic E-state index is 0.159. The molecule has 0 unspecified atom stereocenters. The Hall–Kier alpha value is -3.57. The second kappa shape index (κ2) is 7.84. The zero-order valence-corrected chi connectivity index (χ0v) is 17.4. The van der Waals surface area contributed by atoms with Crippen LogP contribution in [0.4, 0.5) is 13.2 Å². The Morgan fingerprint density at radius 1 is 0.938 bits per heavy atom. The summed E-state index contributed by atoms with van der Waals surface area (Å²) in [5.74, 6) is 0. The summed E-state index contributed by atoms with van der Waals surface area (Å²) >= 11 is 0. The number of benzene rings is 2. The van der Waals surface area contributed by atoms with Crippen LogP contribution in [0.1, 0.15) is 11.3 Å². The van der Waals surface area contributed by atoms with Crippen molar-refractivity contribution in [3.05, 3.63) is 78.5 Å². The molecule has 11 heteroatoms. The molecule has 0 spiro atoms. The quantitative estimate of drug-likeness (QED) is 0.497. The molecule has 0 radical (unpaired) electrons. The molecule has 164 valence electrons. The maximum absolute atomic E-state index is 13.5. The second-order valence-electron chi connectivity index (χ2n) is 7.02. The lowest BCUT2D eigenvalue weighted by Crippen LogP contribution is -2.12. The summed E-state index contributed by atoms with van der Waals surface area (Å²) in [6, 6.07) is 11.4. The van der Waals surface area contributed by atoms with Crippen LogP contribution < -0.4 is 5.14 Å². The summed E-state index contributed by atoms with van der Waals surface area (Å²) < 4.78 is 64.6. The van der Waals surface area contributed by atoms with Crippen LogP contribution in [-0.4, -0.2) is 28.2 Å². The van der Waals surface area contributed by atoms with Gasteiger partial charge in [-0.15, -0.1) is 0 Å². The van der Waals surface area contributed by atoms with E-state index >= 15 is 0 Å². The average molecular weight is 459 g/mol. The van der Waals surface area contributed by atoms with Gasteiger partial charge in [0.25, 0.3) is 0 Å². The Bertz CT molecular complexity index is 1380. The summed E-state index contributed by atoms with van der Waals surface area (Å²) in [6.07, 6.45) is -0.0778. The topological polar surface area (TPSA) is 104 Å². The molecular weight excluding hydrogens is 443 g/mol. The van der Waals surface area contributed by atoms with Crippen LogP contribution >= 0.6 is 0 Å². The van der Waals surface area contributed by atoms with Crippen LogP contribution in [0.3, 0.4) is 0 Å². The SMILES string of the molecule is Cc1ccc(-c2cncnc2)cc1-c1cc(C(F)(F)F)nn1-c1ccc(S(N)(=O)=O)cc1. The summed E-state index contributed by atoms with van der Waals surface area (Å²) in [5.41, 5.74) is 2.03. The lowest BCUT2D eigenvalue weighted by atomic mass is 9.99. The van der Waals surface area contributed by atoms with Gasteiger partial charge in [-0.3, -0.25) is 0 Å². The van der Waals surface area contributed by atoms with E-state index in [4.69, 9.17) is 5.14 Å². The van der Waals surface area contributed by atoms with Crippen LogP contribution in [-0.2, 0) is 16.2 Å². The van der Waals surface area contributed by atoms with Gasteiger partial charge in [0.1, 0.15) is 6.33 Å². The summed E-state index contributed by atoms with van der Waals surface area (Å²) in [4.78, 5) is 7.80. The molecule has 0 aliphatic carbocycles. The molecule has 0 amide bonds. The molecule has 0 atom stereocenters. The lowest BCUT2D eigenvalue weighted by Gasteiger charge is -2.12. The smallest absolute Gasteiger partial charge is 0.244 e. The highest BCUT2D eigenvalue weighted by Crippen LogP contribution is 2.36. The van der Waals surface area contributed by atoms with Gasteiger partial charge >= 0.3 is 6.18 Å². The summed E-state index contributed by atoms with van der Waals surface area (Å²) in [5, 5.41) is 8.86. The number of alkyl halides is 3. The lowest BCUT2D eigenvalue weighted by molar-refractivity contribution is -0.141. The highest BCUT2D eigenvalue weighted by atomic mass is 32.2. The van der Waals surface area contributed by atoms with Crippen molar-refractivity contribution in [2.75, 3.05) is 0 Å². The Morgan fingerprint density at radius 3 is 2.19 bits per heavy atom. The van der Waals surface area contributed by atoms with E-state index in [0.717, 1.165) is 21.9 Å². The van der Waals surface area contributed by atoms with Crippen LogP contribution in [0.5, 0.6) is 0 Å². The van der Waals surface area contributed by atoms with Gasteiger partial charge < -0.3 is 0 Å². The minimum Gasteiger partial charge on any atom is -0.244 e. The van der Waals surface area contributed by atoms with Crippen molar-refractivity contribution >= 4 is 10.0 Å². The van der Waals surface area contributed by atoms with Crippen molar-refractivity contribution in [2.45, 2.75) is 18.0 Å². The average Bonchev–Trinajstić information content (AvgIpc) is 3.20. The number of nitrogens with two attached hydrogens (primary N) is 1. The van der Waals surface area contributed by atoms with E-state index in [-0.39, 0.29) is 16.3 Å². The number of nitrogens with zero attached hydrogens (tertiary/aromatic N) is 4. The van der Waals surface area contributed by atoms with Gasteiger partial charge in [0, 0.05) is 23.5 Å². The van der Waals surface area contributed by atoms with Gasteiger partial charge in [-0.25, -0.2) is 28.2 Å². The van der Waals surface area contributed by atoms with Crippen molar-refractivity contribution in [1.82, 2.24) is 19.7 Å². The van der Waals surface area contributed by atoms with Crippen molar-refractivity contribution in [3.8, 4) is 28.1 Å². The Kier molecular flexibility index (Phi) is 5.31. The Labute approximate surface area is 181 Å². The fourth-order valence-electron chi connectivity index (χ4n) is 3.21. The van der Waals surface area contributed by atoms with Crippen LogP contribution in [0.2, 0.25) is 0 Å². The molecule has 2 heterocycles. The predicted octanol–water partition coefficient (Wildman–Crippen LogP) is 3.97. The van der Waals surface area contributed by atoms with Gasteiger partial charge in [-0.1, -0.05) is 12.1 Å². The molecule has 0 saturated carbocycles. The van der Waals surface area contributed by atoms with E-state index in [1.54, 1.807) is 31.5 Å². The molecule has 0 aliphatic heterocycles. The van der Waals surface area contributed by atoms with Crippen molar-refractivity contribution in [3.63, 3.8) is 0 Å². The molecule has 0 aliphatic rings. The maximum atomic E-state index is 13.5. The molecule has 4 rings (SSSR count). The maximum Gasteiger partial charge on any atom is 0.435 e. The first kappa shape index (κ1) is 21.7. The van der Waals surface area contributed by atoms with Crippen molar-refractivity contribution < 1.29 is 21.6 Å². The molecule has 7 nitrogen and oxygen atoms in total. The standard InChI is InChI=1S/C21H16F3N5O2S/c1-13-2-3-14(15-10-26-12-27-11-15)8-18(13)19-9-20(21(22,23)24)28-29(19)16-4-6-17(7-5-16)32(25,30)31/h2-12H,1H3,(H2,25,30,31). The number of aromatic nitrogens is 4. The Balaban J connectivity index is 1.91. The number of hydrogen-bond donors (Lipinski definition) is 1. The first-order valence-electron chi connectivity index (χ1n) is 9.21. The number of hydrogen-bond acceptors (Lipinski definition) is 5. The molecule has 2 aromatic carbocycles. The van der Waals surface area contributed by atoms with E-state index in [1.165, 1.54) is 30.6 Å². The third kappa shape index (κ3) is 4.25. The van der Waals surface area contributed by atoms with Gasteiger partial charge in [-0.05, 0) is 54.4 Å². The highest BCUT2D eigenvalue weighted by Gasteiger charge is 2.35. The zero-order chi connectivity index (χ0) is 23.1. The summed E-state index contributed by atoms with van der Waals surface area (Å²) in [7, 11) is -3.95.